The zero-order chi connectivity index (χ0) is 53.6. The molecule has 0 fully saturated rings. The summed E-state index contributed by atoms with van der Waals surface area (Å²) in [6, 6.07) is 0. The van der Waals surface area contributed by atoms with Crippen molar-refractivity contribution in [2.75, 3.05) is 13.2 Å². The summed E-state index contributed by atoms with van der Waals surface area (Å²) in [5.41, 5.74) is 0. The number of rotatable bonds is 55. The van der Waals surface area contributed by atoms with Gasteiger partial charge in [0, 0.05) is 19.3 Å². The van der Waals surface area contributed by atoms with Crippen LogP contribution in [0.4, 0.5) is 0 Å². The third kappa shape index (κ3) is 59.0. The summed E-state index contributed by atoms with van der Waals surface area (Å²) in [7, 11) is 0. The molecule has 0 aliphatic carbocycles. The molecule has 0 amide bonds. The minimum Gasteiger partial charge on any atom is -0.462 e. The quantitative estimate of drug-likeness (QED) is 0.0261. The first-order valence-corrected chi connectivity index (χ1v) is 30.9. The second-order valence-corrected chi connectivity index (χ2v) is 20.2. The van der Waals surface area contributed by atoms with Crippen LogP contribution in [0, 0.1) is 0 Å². The number of carbonyl (C=O) groups is 3. The average Bonchev–Trinajstić information content (AvgIpc) is 3.40. The molecule has 0 aliphatic rings. The summed E-state index contributed by atoms with van der Waals surface area (Å²) in [5.74, 6) is -0.912. The van der Waals surface area contributed by atoms with E-state index < -0.39 is 6.10 Å². The lowest BCUT2D eigenvalue weighted by Gasteiger charge is -2.18. The summed E-state index contributed by atoms with van der Waals surface area (Å²) in [6.07, 6.45) is 83.8. The molecule has 0 bridgehead atoms. The molecule has 422 valence electrons. The van der Waals surface area contributed by atoms with Crippen molar-refractivity contribution in [1.82, 2.24) is 0 Å². The highest BCUT2D eigenvalue weighted by Gasteiger charge is 2.19. The minimum absolute atomic E-state index is 0.0881. The maximum atomic E-state index is 12.9. The van der Waals surface area contributed by atoms with E-state index >= 15 is 0 Å². The number of allylic oxidation sites excluding steroid dienone is 18. The van der Waals surface area contributed by atoms with Crippen LogP contribution in [0.2, 0.25) is 0 Å². The molecular weight excluding hydrogens is 913 g/mol. The van der Waals surface area contributed by atoms with Crippen LogP contribution in [0.25, 0.3) is 0 Å². The van der Waals surface area contributed by atoms with Crippen LogP contribution in [0.5, 0.6) is 0 Å². The largest absolute Gasteiger partial charge is 0.462 e. The molecule has 0 aliphatic heterocycles. The van der Waals surface area contributed by atoms with E-state index in [-0.39, 0.29) is 31.1 Å². The van der Waals surface area contributed by atoms with Gasteiger partial charge in [0.2, 0.25) is 0 Å². The molecular formula is C68H114O6. The van der Waals surface area contributed by atoms with Crippen LogP contribution in [0.3, 0.4) is 0 Å². The normalized spacial score (nSPS) is 12.9. The Kier molecular flexibility index (Phi) is 58.3. The van der Waals surface area contributed by atoms with Gasteiger partial charge in [-0.05, 0) is 122 Å². The van der Waals surface area contributed by atoms with E-state index in [1.165, 1.54) is 109 Å². The van der Waals surface area contributed by atoms with Crippen LogP contribution in [0.15, 0.2) is 109 Å². The van der Waals surface area contributed by atoms with Crippen molar-refractivity contribution >= 4 is 17.9 Å². The maximum Gasteiger partial charge on any atom is 0.306 e. The number of unbranched alkanes of at least 4 members (excludes halogenated alkanes) is 26. The highest BCUT2D eigenvalue weighted by atomic mass is 16.6. The van der Waals surface area contributed by atoms with Gasteiger partial charge in [-0.3, -0.25) is 14.4 Å². The molecule has 6 heteroatoms. The van der Waals surface area contributed by atoms with E-state index in [9.17, 15) is 14.4 Å². The fourth-order valence-electron chi connectivity index (χ4n) is 8.42. The molecule has 0 rings (SSSR count). The summed E-state index contributed by atoms with van der Waals surface area (Å²) >= 11 is 0. The Hall–Kier alpha value is -3.93. The zero-order valence-electron chi connectivity index (χ0n) is 48.3. The second kappa shape index (κ2) is 61.6. The average molecular weight is 1030 g/mol. The molecule has 0 radical (unpaired) electrons. The monoisotopic (exact) mass is 1030 g/mol. The number of hydrogen-bond donors (Lipinski definition) is 0. The van der Waals surface area contributed by atoms with E-state index in [2.05, 4.69) is 130 Å². The Morgan fingerprint density at radius 1 is 0.284 bits per heavy atom. The van der Waals surface area contributed by atoms with Gasteiger partial charge in [-0.2, -0.15) is 0 Å². The van der Waals surface area contributed by atoms with Crippen LogP contribution >= 0.6 is 0 Å². The van der Waals surface area contributed by atoms with Gasteiger partial charge >= 0.3 is 17.9 Å². The molecule has 0 heterocycles. The molecule has 1 unspecified atom stereocenters. The molecule has 0 saturated carbocycles. The third-order valence-electron chi connectivity index (χ3n) is 13.0. The number of esters is 3. The van der Waals surface area contributed by atoms with Crippen molar-refractivity contribution in [2.24, 2.45) is 0 Å². The van der Waals surface area contributed by atoms with Crippen LogP contribution in [0.1, 0.15) is 284 Å². The van der Waals surface area contributed by atoms with E-state index in [0.29, 0.717) is 19.3 Å². The fourth-order valence-corrected chi connectivity index (χ4v) is 8.42. The van der Waals surface area contributed by atoms with Gasteiger partial charge in [0.05, 0.1) is 0 Å². The van der Waals surface area contributed by atoms with Crippen LogP contribution in [-0.2, 0) is 28.6 Å². The predicted molar refractivity (Wildman–Crippen MR) is 320 cm³/mol. The molecule has 0 aromatic carbocycles. The first kappa shape index (κ1) is 70.1. The lowest BCUT2D eigenvalue weighted by atomic mass is 10.0. The Morgan fingerprint density at radius 3 is 0.838 bits per heavy atom. The van der Waals surface area contributed by atoms with E-state index in [1.807, 2.05) is 0 Å². The Bertz CT molecular complexity index is 1510. The van der Waals surface area contributed by atoms with Crippen LogP contribution < -0.4 is 0 Å². The topological polar surface area (TPSA) is 78.9 Å². The molecule has 1 atom stereocenters. The predicted octanol–water partition coefficient (Wildman–Crippen LogP) is 21.0. The van der Waals surface area contributed by atoms with Crippen molar-refractivity contribution < 1.29 is 28.6 Å². The summed E-state index contributed by atoms with van der Waals surface area (Å²) in [4.78, 5) is 38.2. The van der Waals surface area contributed by atoms with Gasteiger partial charge in [-0.1, -0.05) is 252 Å². The van der Waals surface area contributed by atoms with E-state index in [0.717, 1.165) is 135 Å². The van der Waals surface area contributed by atoms with Crippen LogP contribution in [-0.4, -0.2) is 37.2 Å². The first-order chi connectivity index (χ1) is 36.5. The van der Waals surface area contributed by atoms with Crippen molar-refractivity contribution in [3.63, 3.8) is 0 Å². The first-order valence-electron chi connectivity index (χ1n) is 30.9. The van der Waals surface area contributed by atoms with Gasteiger partial charge in [0.15, 0.2) is 6.10 Å². The molecule has 6 nitrogen and oxygen atoms in total. The maximum absolute atomic E-state index is 12.9. The molecule has 0 N–H and O–H groups in total. The number of ether oxygens (including phenoxy) is 3. The van der Waals surface area contributed by atoms with Gasteiger partial charge in [0.1, 0.15) is 13.2 Å². The van der Waals surface area contributed by atoms with E-state index in [4.69, 9.17) is 14.2 Å². The lowest BCUT2D eigenvalue weighted by molar-refractivity contribution is -0.167. The van der Waals surface area contributed by atoms with Crippen molar-refractivity contribution in [3.8, 4) is 0 Å². The minimum atomic E-state index is -0.792. The Balaban J connectivity index is 4.24. The van der Waals surface area contributed by atoms with Gasteiger partial charge < -0.3 is 14.2 Å². The second-order valence-electron chi connectivity index (χ2n) is 20.2. The fraction of sp³-hybridized carbons (Fsp3) is 0.691. The van der Waals surface area contributed by atoms with Gasteiger partial charge in [0.25, 0.3) is 0 Å². The summed E-state index contributed by atoms with van der Waals surface area (Å²) in [6.45, 7) is 6.38. The van der Waals surface area contributed by atoms with Crippen molar-refractivity contribution in [2.45, 2.75) is 290 Å². The molecule has 0 aromatic rings. The molecule has 0 spiro atoms. The smallest absolute Gasteiger partial charge is 0.306 e. The molecule has 0 aromatic heterocycles. The Labute approximate surface area is 457 Å². The van der Waals surface area contributed by atoms with Gasteiger partial charge in [-0.25, -0.2) is 0 Å². The highest BCUT2D eigenvalue weighted by molar-refractivity contribution is 5.71. The van der Waals surface area contributed by atoms with Crippen molar-refractivity contribution in [1.29, 1.82) is 0 Å². The third-order valence-corrected chi connectivity index (χ3v) is 13.0. The zero-order valence-corrected chi connectivity index (χ0v) is 48.3. The number of hydrogen-bond acceptors (Lipinski definition) is 6. The standard InChI is InChI=1S/C68H114O6/c1-4-7-10-13-16-19-22-25-27-28-29-30-31-32-33-34-35-36-37-38-39-40-42-43-46-49-52-55-58-61-67(70)73-64-65(63-72-66(69)60-57-54-51-48-45-24-21-18-15-12-9-6-3)74-68(71)62-59-56-53-50-47-44-41-26-23-20-17-14-11-8-5-2/h7-8,10-11,16-21,25-27,29-30,32-33,41,65H,4-6,9,12-15,22-24,28,31,34-40,42-64H2,1-3H3/b10-7-,11-8-,19-16-,20-17-,21-18-,27-25-,30-29-,33-32-,41-26-. The van der Waals surface area contributed by atoms with Crippen molar-refractivity contribution in [3.05, 3.63) is 109 Å². The highest BCUT2D eigenvalue weighted by Crippen LogP contribution is 2.16. The van der Waals surface area contributed by atoms with E-state index in [1.54, 1.807) is 0 Å². The summed E-state index contributed by atoms with van der Waals surface area (Å²) in [5, 5.41) is 0. The SMILES string of the molecule is CC/C=C\C/C=C\C/C=C\C/C=C\C/C=C\CCCCCCCCCCCCCCCC(=O)OCC(COC(=O)CCCCCCC/C=C\CCCCC)OC(=O)CCCCCCC/C=C\C/C=C\C/C=C\CC. The number of carbonyl (C=O) groups excluding carboxylic acids is 3. The van der Waals surface area contributed by atoms with Gasteiger partial charge in [-0.15, -0.1) is 0 Å². The summed E-state index contributed by atoms with van der Waals surface area (Å²) < 4.78 is 16.9. The Morgan fingerprint density at radius 2 is 0.527 bits per heavy atom. The lowest BCUT2D eigenvalue weighted by Crippen LogP contribution is -2.30. The molecule has 0 saturated heterocycles. The molecule has 74 heavy (non-hydrogen) atoms.